The number of carboxylic acids is 1. The second-order valence-corrected chi connectivity index (χ2v) is 6.92. The fourth-order valence-electron chi connectivity index (χ4n) is 2.21. The first kappa shape index (κ1) is 17.8. The zero-order valence-electron chi connectivity index (χ0n) is 12.6. The first-order chi connectivity index (χ1) is 9.90. The van der Waals surface area contributed by atoms with Gasteiger partial charge in [-0.25, -0.2) is 4.79 Å². The van der Waals surface area contributed by atoms with E-state index in [1.165, 1.54) is 0 Å². The molecule has 0 aromatic carbocycles. The molecule has 0 aliphatic carbocycles. The van der Waals surface area contributed by atoms with Crippen molar-refractivity contribution in [2.75, 3.05) is 18.1 Å². The van der Waals surface area contributed by atoms with Gasteiger partial charge in [0, 0.05) is 5.92 Å². The maximum absolute atomic E-state index is 11.9. The zero-order chi connectivity index (χ0) is 15.8. The highest BCUT2D eigenvalue weighted by Crippen LogP contribution is 2.22. The topological polar surface area (TPSA) is 95.5 Å². The second-order valence-electron chi connectivity index (χ2n) is 5.69. The highest BCUT2D eigenvalue weighted by Gasteiger charge is 2.23. The quantitative estimate of drug-likeness (QED) is 0.647. The minimum atomic E-state index is -1.05. The molecule has 0 spiro atoms. The van der Waals surface area contributed by atoms with Crippen molar-refractivity contribution >= 4 is 29.5 Å². The minimum Gasteiger partial charge on any atom is -0.480 e. The number of hydrogen-bond donors (Lipinski definition) is 3. The summed E-state index contributed by atoms with van der Waals surface area (Å²) < 4.78 is 0. The standard InChI is InChI=1S/C14H24N2O4S/c1-9(2)7-11(14(19)20)16-12(17)8-15-13(18)10-3-5-21-6-4-10/h9-11H,3-8H2,1-2H3,(H,15,18)(H,16,17)(H,19,20)/t11-/m0/s1. The lowest BCUT2D eigenvalue weighted by Gasteiger charge is -2.21. The zero-order valence-corrected chi connectivity index (χ0v) is 13.4. The summed E-state index contributed by atoms with van der Waals surface area (Å²) in [6, 6.07) is -0.902. The molecule has 0 aromatic rings. The lowest BCUT2D eigenvalue weighted by atomic mass is 10.0. The highest BCUT2D eigenvalue weighted by atomic mass is 32.2. The molecule has 1 atom stereocenters. The van der Waals surface area contributed by atoms with Gasteiger partial charge in [0.1, 0.15) is 6.04 Å². The Hall–Kier alpha value is -1.24. The van der Waals surface area contributed by atoms with Crippen LogP contribution in [0.5, 0.6) is 0 Å². The van der Waals surface area contributed by atoms with E-state index in [9.17, 15) is 14.4 Å². The van der Waals surface area contributed by atoms with Crippen LogP contribution in [0.15, 0.2) is 0 Å². The first-order valence-electron chi connectivity index (χ1n) is 7.27. The molecule has 2 amide bonds. The van der Waals surface area contributed by atoms with Gasteiger partial charge in [-0.2, -0.15) is 11.8 Å². The minimum absolute atomic E-state index is 0.0232. The highest BCUT2D eigenvalue weighted by molar-refractivity contribution is 7.99. The fourth-order valence-corrected chi connectivity index (χ4v) is 3.32. The van der Waals surface area contributed by atoms with Gasteiger partial charge in [0.15, 0.2) is 0 Å². The van der Waals surface area contributed by atoms with E-state index in [0.29, 0.717) is 6.42 Å². The van der Waals surface area contributed by atoms with Crippen molar-refractivity contribution in [3.63, 3.8) is 0 Å². The van der Waals surface area contributed by atoms with Gasteiger partial charge < -0.3 is 15.7 Å². The molecule has 3 N–H and O–H groups in total. The van der Waals surface area contributed by atoms with Crippen molar-refractivity contribution in [2.45, 2.75) is 39.2 Å². The Balaban J connectivity index is 2.34. The van der Waals surface area contributed by atoms with Gasteiger partial charge in [-0.05, 0) is 36.7 Å². The fraction of sp³-hybridized carbons (Fsp3) is 0.786. The summed E-state index contributed by atoms with van der Waals surface area (Å²) >= 11 is 1.83. The molecule has 0 radical (unpaired) electrons. The molecular weight excluding hydrogens is 292 g/mol. The number of carbonyl (C=O) groups is 3. The van der Waals surface area contributed by atoms with Crippen LogP contribution in [0, 0.1) is 11.8 Å². The summed E-state index contributed by atoms with van der Waals surface area (Å²) in [7, 11) is 0. The molecular formula is C14H24N2O4S. The van der Waals surface area contributed by atoms with Crippen molar-refractivity contribution < 1.29 is 19.5 Å². The van der Waals surface area contributed by atoms with Gasteiger partial charge in [0.05, 0.1) is 6.54 Å². The van der Waals surface area contributed by atoms with Crippen LogP contribution >= 0.6 is 11.8 Å². The number of carboxylic acid groups (broad SMARTS) is 1. The number of hydrogen-bond acceptors (Lipinski definition) is 4. The smallest absolute Gasteiger partial charge is 0.326 e. The SMILES string of the molecule is CC(C)C[C@H](NC(=O)CNC(=O)C1CCSCC1)C(=O)O. The van der Waals surface area contributed by atoms with E-state index in [-0.39, 0.29) is 24.3 Å². The Morgan fingerprint density at radius 3 is 2.38 bits per heavy atom. The maximum Gasteiger partial charge on any atom is 0.326 e. The van der Waals surface area contributed by atoms with E-state index in [4.69, 9.17) is 5.11 Å². The van der Waals surface area contributed by atoms with Crippen molar-refractivity contribution in [3.05, 3.63) is 0 Å². The molecule has 1 aliphatic rings. The third kappa shape index (κ3) is 6.84. The normalized spacial score (nSPS) is 17.3. The lowest BCUT2D eigenvalue weighted by Crippen LogP contribution is -2.47. The third-order valence-electron chi connectivity index (χ3n) is 3.36. The van der Waals surface area contributed by atoms with Crippen molar-refractivity contribution in [2.24, 2.45) is 11.8 Å². The van der Waals surface area contributed by atoms with Crippen LogP contribution in [-0.2, 0) is 14.4 Å². The molecule has 6 nitrogen and oxygen atoms in total. The molecule has 1 rings (SSSR count). The van der Waals surface area contributed by atoms with Gasteiger partial charge in [-0.1, -0.05) is 13.8 Å². The van der Waals surface area contributed by atoms with E-state index in [0.717, 1.165) is 24.3 Å². The van der Waals surface area contributed by atoms with E-state index in [1.807, 2.05) is 25.6 Å². The van der Waals surface area contributed by atoms with Gasteiger partial charge in [0.2, 0.25) is 11.8 Å². The molecule has 1 fully saturated rings. The number of rotatable bonds is 7. The van der Waals surface area contributed by atoms with Gasteiger partial charge in [-0.3, -0.25) is 9.59 Å². The molecule has 0 unspecified atom stereocenters. The van der Waals surface area contributed by atoms with Crippen LogP contribution in [0.4, 0.5) is 0 Å². The van der Waals surface area contributed by atoms with Crippen LogP contribution in [0.25, 0.3) is 0 Å². The molecule has 0 aromatic heterocycles. The number of aliphatic carboxylic acids is 1. The number of nitrogens with one attached hydrogen (secondary N) is 2. The average Bonchev–Trinajstić information content (AvgIpc) is 2.44. The van der Waals surface area contributed by atoms with E-state index >= 15 is 0 Å². The summed E-state index contributed by atoms with van der Waals surface area (Å²) in [4.78, 5) is 34.7. The summed E-state index contributed by atoms with van der Waals surface area (Å²) in [5, 5.41) is 14.1. The monoisotopic (exact) mass is 316 g/mol. The number of amides is 2. The Labute approximate surface area is 129 Å². The predicted molar refractivity (Wildman–Crippen MR) is 82.1 cm³/mol. The molecule has 21 heavy (non-hydrogen) atoms. The molecule has 1 saturated heterocycles. The van der Waals surface area contributed by atoms with Crippen LogP contribution in [0.1, 0.15) is 33.1 Å². The van der Waals surface area contributed by atoms with E-state index in [1.54, 1.807) is 0 Å². The molecule has 1 aliphatic heterocycles. The summed E-state index contributed by atoms with van der Waals surface area (Å²) in [5.41, 5.74) is 0. The number of carbonyl (C=O) groups excluding carboxylic acids is 2. The third-order valence-corrected chi connectivity index (χ3v) is 4.40. The summed E-state index contributed by atoms with van der Waals surface area (Å²) in [6.45, 7) is 3.63. The van der Waals surface area contributed by atoms with E-state index in [2.05, 4.69) is 10.6 Å². The molecule has 7 heteroatoms. The lowest BCUT2D eigenvalue weighted by molar-refractivity contribution is -0.142. The number of thioether (sulfide) groups is 1. The summed E-state index contributed by atoms with van der Waals surface area (Å²) in [6.07, 6.45) is 2.04. The van der Waals surface area contributed by atoms with Crippen LogP contribution in [-0.4, -0.2) is 47.0 Å². The van der Waals surface area contributed by atoms with Crippen molar-refractivity contribution in [1.82, 2.24) is 10.6 Å². The van der Waals surface area contributed by atoms with Gasteiger partial charge in [0.25, 0.3) is 0 Å². The van der Waals surface area contributed by atoms with Crippen LogP contribution < -0.4 is 10.6 Å². The Morgan fingerprint density at radius 1 is 1.24 bits per heavy atom. The van der Waals surface area contributed by atoms with Crippen molar-refractivity contribution in [1.29, 1.82) is 0 Å². The van der Waals surface area contributed by atoms with Crippen LogP contribution in [0.3, 0.4) is 0 Å². The molecule has 120 valence electrons. The van der Waals surface area contributed by atoms with Crippen molar-refractivity contribution in [3.8, 4) is 0 Å². The largest absolute Gasteiger partial charge is 0.480 e. The molecule has 0 bridgehead atoms. The van der Waals surface area contributed by atoms with Gasteiger partial charge in [-0.15, -0.1) is 0 Å². The summed E-state index contributed by atoms with van der Waals surface area (Å²) in [5.74, 6) is 0.473. The Kier molecular flexibility index (Phi) is 7.56. The van der Waals surface area contributed by atoms with E-state index < -0.39 is 17.9 Å². The molecule has 0 saturated carbocycles. The first-order valence-corrected chi connectivity index (χ1v) is 8.43. The Bertz CT molecular complexity index is 381. The second kappa shape index (κ2) is 8.92. The molecule has 1 heterocycles. The Morgan fingerprint density at radius 2 is 1.86 bits per heavy atom. The average molecular weight is 316 g/mol. The maximum atomic E-state index is 11.9. The van der Waals surface area contributed by atoms with Crippen LogP contribution in [0.2, 0.25) is 0 Å². The van der Waals surface area contributed by atoms with Gasteiger partial charge >= 0.3 is 5.97 Å². The predicted octanol–water partition coefficient (Wildman–Crippen LogP) is 0.861.